The molecule has 1 fully saturated rings. The first-order valence-corrected chi connectivity index (χ1v) is 13.5. The number of aliphatic carboxylic acids is 1. The number of benzene rings is 3. The number of alkyl halides is 3. The number of para-hydroxylation sites is 1. The van der Waals surface area contributed by atoms with E-state index in [1.165, 1.54) is 40.2 Å². The molecule has 1 aliphatic heterocycles. The van der Waals surface area contributed by atoms with Crippen molar-refractivity contribution in [1.29, 1.82) is 0 Å². The van der Waals surface area contributed by atoms with Crippen LogP contribution in [0.1, 0.15) is 17.2 Å². The third-order valence-electron chi connectivity index (χ3n) is 6.16. The highest BCUT2D eigenvalue weighted by Gasteiger charge is 2.32. The van der Waals surface area contributed by atoms with Gasteiger partial charge in [-0.05, 0) is 48.4 Å². The van der Waals surface area contributed by atoms with E-state index in [1.807, 2.05) is 19.1 Å². The predicted molar refractivity (Wildman–Crippen MR) is 151 cm³/mol. The van der Waals surface area contributed by atoms with Gasteiger partial charge in [-0.15, -0.1) is 18.3 Å². The Kier molecular flexibility index (Phi) is 8.16. The molecule has 0 bridgehead atoms. The third-order valence-corrected chi connectivity index (χ3v) is 7.09. The topological polar surface area (TPSA) is 139 Å². The highest BCUT2D eigenvalue weighted by atomic mass is 32.2. The number of urea groups is 1. The van der Waals surface area contributed by atoms with Crippen LogP contribution < -0.4 is 15.0 Å². The van der Waals surface area contributed by atoms with Crippen LogP contribution in [-0.4, -0.2) is 55.1 Å². The van der Waals surface area contributed by atoms with Crippen LogP contribution in [0, 0.1) is 6.92 Å². The third kappa shape index (κ3) is 6.83. The highest BCUT2D eigenvalue weighted by molar-refractivity contribution is 8.15. The van der Waals surface area contributed by atoms with Crippen LogP contribution in [0.15, 0.2) is 84.1 Å². The van der Waals surface area contributed by atoms with Gasteiger partial charge in [0.05, 0.1) is 17.1 Å². The van der Waals surface area contributed by atoms with Crippen molar-refractivity contribution in [3.63, 3.8) is 0 Å². The van der Waals surface area contributed by atoms with Gasteiger partial charge in [-0.1, -0.05) is 54.2 Å². The fraction of sp³-hybridized carbons (Fsp3) is 0.143. The average molecular weight is 611 g/mol. The number of hydrogen-bond donors (Lipinski definition) is 2. The van der Waals surface area contributed by atoms with Crippen molar-refractivity contribution in [3.8, 4) is 22.8 Å². The molecule has 11 nitrogen and oxygen atoms in total. The molecule has 0 aliphatic carbocycles. The van der Waals surface area contributed by atoms with Crippen molar-refractivity contribution in [2.24, 2.45) is 4.99 Å². The maximum atomic E-state index is 12.8. The Morgan fingerprint density at radius 2 is 1.77 bits per heavy atom. The van der Waals surface area contributed by atoms with Crippen molar-refractivity contribution in [1.82, 2.24) is 20.1 Å². The summed E-state index contributed by atoms with van der Waals surface area (Å²) in [7, 11) is 0. The summed E-state index contributed by atoms with van der Waals surface area (Å²) in [6.45, 7) is 1.82. The Morgan fingerprint density at radius 1 is 1.07 bits per heavy atom. The number of rotatable bonds is 7. The van der Waals surface area contributed by atoms with E-state index < -0.39 is 24.4 Å². The molecule has 1 unspecified atom stereocenters. The number of amidine groups is 1. The number of anilines is 1. The van der Waals surface area contributed by atoms with Gasteiger partial charge in [0.25, 0.3) is 0 Å². The second-order valence-electron chi connectivity index (χ2n) is 9.10. The average Bonchev–Trinajstić information content (AvgIpc) is 3.59. The fourth-order valence-corrected chi connectivity index (χ4v) is 5.03. The maximum Gasteiger partial charge on any atom is 0.573 e. The summed E-state index contributed by atoms with van der Waals surface area (Å²) in [5.74, 6) is -1.60. The number of aromatic nitrogens is 3. The number of ether oxygens (including phenoxy) is 1. The Balaban J connectivity index is 1.29. The van der Waals surface area contributed by atoms with Crippen LogP contribution in [0.4, 0.5) is 23.7 Å². The number of carbonyl (C=O) groups excluding carboxylic acids is 2. The van der Waals surface area contributed by atoms with Crippen molar-refractivity contribution in [2.75, 3.05) is 10.7 Å². The zero-order chi connectivity index (χ0) is 30.7. The quantitative estimate of drug-likeness (QED) is 0.294. The van der Waals surface area contributed by atoms with Crippen molar-refractivity contribution in [2.45, 2.75) is 19.3 Å². The standard InChI is InChI=1S/C28H21F3N6O5S/c1-16-4-2-3-5-21(16)37-22(38)14-43-27(37)34-26(41)33-23(25(39)40)17-6-8-18(9-7-17)24-32-15-36(35-24)19-10-12-20(13-11-19)42-28(29,30)31/h2-13,15,23H,14H2,1H3,(H,33,41)(H,39,40). The number of nitrogens with zero attached hydrogens (tertiary/aromatic N) is 5. The molecule has 3 aromatic carbocycles. The first-order valence-electron chi connectivity index (χ1n) is 12.5. The number of carboxylic acid groups (broad SMARTS) is 1. The van der Waals surface area contributed by atoms with Gasteiger partial charge < -0.3 is 15.2 Å². The summed E-state index contributed by atoms with van der Waals surface area (Å²) in [5.41, 5.74) is 2.59. The smallest absolute Gasteiger partial charge is 0.479 e. The zero-order valence-electron chi connectivity index (χ0n) is 22.1. The number of thioether (sulfide) groups is 1. The fourth-order valence-electron chi connectivity index (χ4n) is 4.17. The second-order valence-corrected chi connectivity index (χ2v) is 10.0. The lowest BCUT2D eigenvalue weighted by Crippen LogP contribution is -2.35. The van der Waals surface area contributed by atoms with Crippen molar-refractivity contribution in [3.05, 3.63) is 90.3 Å². The highest BCUT2D eigenvalue weighted by Crippen LogP contribution is 2.29. The van der Waals surface area contributed by atoms with E-state index in [1.54, 1.807) is 24.3 Å². The van der Waals surface area contributed by atoms with Gasteiger partial charge in [0.15, 0.2) is 17.0 Å². The molecule has 0 spiro atoms. The number of halogens is 3. The predicted octanol–water partition coefficient (Wildman–Crippen LogP) is 5.11. The minimum Gasteiger partial charge on any atom is -0.479 e. The van der Waals surface area contributed by atoms with E-state index in [2.05, 4.69) is 25.1 Å². The van der Waals surface area contributed by atoms with E-state index in [4.69, 9.17) is 0 Å². The Morgan fingerprint density at radius 3 is 2.42 bits per heavy atom. The minimum atomic E-state index is -4.80. The number of nitrogens with one attached hydrogen (secondary N) is 1. The lowest BCUT2D eigenvalue weighted by atomic mass is 10.0. The Bertz CT molecular complexity index is 1710. The van der Waals surface area contributed by atoms with Gasteiger partial charge >= 0.3 is 18.4 Å². The molecule has 0 radical (unpaired) electrons. The van der Waals surface area contributed by atoms with Crippen LogP contribution >= 0.6 is 11.8 Å². The molecule has 1 atom stereocenters. The molecule has 43 heavy (non-hydrogen) atoms. The van der Waals surface area contributed by atoms with E-state index in [0.29, 0.717) is 16.9 Å². The van der Waals surface area contributed by atoms with Gasteiger partial charge in [0.2, 0.25) is 5.91 Å². The summed E-state index contributed by atoms with van der Waals surface area (Å²) in [5, 5.41) is 16.6. The molecule has 4 aromatic rings. The second kappa shape index (κ2) is 12.0. The summed E-state index contributed by atoms with van der Waals surface area (Å²) in [4.78, 5) is 46.8. The van der Waals surface area contributed by atoms with Crippen LogP contribution in [0.5, 0.6) is 5.75 Å². The maximum absolute atomic E-state index is 12.8. The van der Waals surface area contributed by atoms with E-state index in [9.17, 15) is 32.7 Å². The van der Waals surface area contributed by atoms with Crippen LogP contribution in [0.3, 0.4) is 0 Å². The van der Waals surface area contributed by atoms with Crippen LogP contribution in [-0.2, 0) is 9.59 Å². The lowest BCUT2D eigenvalue weighted by molar-refractivity contribution is -0.274. The first kappa shape index (κ1) is 29.3. The number of carboxylic acids is 1. The molecule has 5 rings (SSSR count). The van der Waals surface area contributed by atoms with E-state index in [-0.39, 0.29) is 34.0 Å². The van der Waals surface area contributed by atoms with Crippen LogP contribution in [0.2, 0.25) is 0 Å². The summed E-state index contributed by atoms with van der Waals surface area (Å²) < 4.78 is 42.4. The largest absolute Gasteiger partial charge is 0.573 e. The summed E-state index contributed by atoms with van der Waals surface area (Å²) in [6, 6.07) is 15.9. The molecule has 1 aliphatic rings. The Labute approximate surface area is 246 Å². The molecule has 15 heteroatoms. The molecule has 220 valence electrons. The van der Waals surface area contributed by atoms with Gasteiger partial charge in [-0.2, -0.15) is 4.99 Å². The first-order chi connectivity index (χ1) is 20.5. The molecule has 1 aromatic heterocycles. The minimum absolute atomic E-state index is 0.0891. The zero-order valence-corrected chi connectivity index (χ0v) is 23.0. The lowest BCUT2D eigenvalue weighted by Gasteiger charge is -2.18. The summed E-state index contributed by atoms with van der Waals surface area (Å²) >= 11 is 1.08. The number of carbonyl (C=O) groups is 3. The number of aryl methyl sites for hydroxylation is 1. The van der Waals surface area contributed by atoms with Gasteiger partial charge in [0.1, 0.15) is 12.1 Å². The number of hydrogen-bond acceptors (Lipinski definition) is 7. The van der Waals surface area contributed by atoms with E-state index in [0.717, 1.165) is 29.5 Å². The van der Waals surface area contributed by atoms with Crippen LogP contribution in [0.25, 0.3) is 17.1 Å². The SMILES string of the molecule is Cc1ccccc1N1C(=O)CSC1=NC(=O)NC(C(=O)O)c1ccc(-c2ncn(-c3ccc(OC(F)(F)F)cc3)n2)cc1. The van der Waals surface area contributed by atoms with Gasteiger partial charge in [0, 0.05) is 5.56 Å². The van der Waals surface area contributed by atoms with Crippen molar-refractivity contribution >= 4 is 40.5 Å². The normalized spacial score (nSPS) is 15.0. The Hall–Kier alpha value is -5.18. The molecule has 3 amide bonds. The monoisotopic (exact) mass is 610 g/mol. The van der Waals surface area contributed by atoms with Gasteiger partial charge in [-0.3, -0.25) is 9.69 Å². The summed E-state index contributed by atoms with van der Waals surface area (Å²) in [6.07, 6.45) is -3.43. The van der Waals surface area contributed by atoms with Crippen molar-refractivity contribution < 1.29 is 37.4 Å². The van der Waals surface area contributed by atoms with E-state index >= 15 is 0 Å². The molecule has 0 saturated carbocycles. The number of aliphatic imine (C=N–C) groups is 1. The molecular weight excluding hydrogens is 589 g/mol. The molecule has 2 N–H and O–H groups in total. The van der Waals surface area contributed by atoms with Gasteiger partial charge in [-0.25, -0.2) is 19.3 Å². The molecule has 1 saturated heterocycles. The molecular formula is C28H21F3N6O5S. The molecule has 2 heterocycles. The number of amides is 3.